The van der Waals surface area contributed by atoms with Crippen LogP contribution < -0.4 is 10.6 Å². The summed E-state index contributed by atoms with van der Waals surface area (Å²) < 4.78 is 0.875. The Kier molecular flexibility index (Phi) is 5.77. The molecule has 0 aliphatic carbocycles. The molecule has 0 fully saturated rings. The number of fused-ring (bicyclic) bond motifs is 1. The van der Waals surface area contributed by atoms with Crippen LogP contribution in [0.1, 0.15) is 35.7 Å². The number of hydrogen-bond acceptors (Lipinski definition) is 4. The Bertz CT molecular complexity index is 984. The van der Waals surface area contributed by atoms with Crippen LogP contribution >= 0.6 is 46.8 Å². The van der Waals surface area contributed by atoms with E-state index in [0.29, 0.717) is 32.2 Å². The molecule has 26 heavy (non-hydrogen) atoms. The molecular formula is C18H15Cl2N3OS2. The van der Waals surface area contributed by atoms with Gasteiger partial charge >= 0.3 is 0 Å². The lowest BCUT2D eigenvalue weighted by Crippen LogP contribution is -2.34. The van der Waals surface area contributed by atoms with Crippen LogP contribution in [-0.2, 0) is 0 Å². The predicted molar refractivity (Wildman–Crippen MR) is 114 cm³/mol. The number of rotatable bonds is 3. The molecule has 0 atom stereocenters. The van der Waals surface area contributed by atoms with Crippen LogP contribution in [-0.4, -0.2) is 16.0 Å². The van der Waals surface area contributed by atoms with Crippen molar-refractivity contribution < 1.29 is 4.79 Å². The van der Waals surface area contributed by atoms with Gasteiger partial charge in [0.15, 0.2) is 10.2 Å². The van der Waals surface area contributed by atoms with Gasteiger partial charge in [0.05, 0.1) is 14.7 Å². The van der Waals surface area contributed by atoms with Gasteiger partial charge in [-0.3, -0.25) is 10.1 Å². The second-order valence-electron chi connectivity index (χ2n) is 5.91. The Morgan fingerprint density at radius 2 is 1.85 bits per heavy atom. The summed E-state index contributed by atoms with van der Waals surface area (Å²) in [4.78, 5) is 16.7. The standard InChI is InChI=1S/C18H15Cl2N3OS2/c1-9(2)10-3-5-11(6-4-10)16(24)22-17(25)23-18-21-15-13(26-18)8-7-12(19)14(15)20/h3-9H,1-2H3,(H2,21,22,23,24,25). The molecule has 8 heteroatoms. The van der Waals surface area contributed by atoms with Gasteiger partial charge in [0, 0.05) is 5.56 Å². The van der Waals surface area contributed by atoms with Crippen molar-refractivity contribution in [1.82, 2.24) is 10.3 Å². The number of hydrogen-bond donors (Lipinski definition) is 2. The summed E-state index contributed by atoms with van der Waals surface area (Å²) >= 11 is 18.7. The van der Waals surface area contributed by atoms with Crippen molar-refractivity contribution >= 4 is 73.1 Å². The zero-order valence-corrected chi connectivity index (χ0v) is 17.1. The monoisotopic (exact) mass is 423 g/mol. The fourth-order valence-electron chi connectivity index (χ4n) is 2.31. The van der Waals surface area contributed by atoms with Crippen molar-refractivity contribution in [1.29, 1.82) is 0 Å². The average molecular weight is 424 g/mol. The number of halogens is 2. The quantitative estimate of drug-likeness (QED) is 0.518. The van der Waals surface area contributed by atoms with Gasteiger partial charge in [-0.25, -0.2) is 4.98 Å². The molecule has 1 heterocycles. The topological polar surface area (TPSA) is 54.0 Å². The van der Waals surface area contributed by atoms with Crippen molar-refractivity contribution in [2.45, 2.75) is 19.8 Å². The maximum Gasteiger partial charge on any atom is 0.257 e. The van der Waals surface area contributed by atoms with Gasteiger partial charge < -0.3 is 5.32 Å². The average Bonchev–Trinajstić information content (AvgIpc) is 3.01. The summed E-state index contributed by atoms with van der Waals surface area (Å²) in [7, 11) is 0. The zero-order chi connectivity index (χ0) is 18.8. The molecule has 134 valence electrons. The van der Waals surface area contributed by atoms with Crippen molar-refractivity contribution in [2.75, 3.05) is 5.32 Å². The van der Waals surface area contributed by atoms with Crippen LogP contribution in [0.4, 0.5) is 5.13 Å². The number of carbonyl (C=O) groups is 1. The van der Waals surface area contributed by atoms with Crippen LogP contribution in [0.25, 0.3) is 10.2 Å². The first kappa shape index (κ1) is 19.0. The second kappa shape index (κ2) is 7.88. The van der Waals surface area contributed by atoms with Gasteiger partial charge in [-0.05, 0) is 48.0 Å². The van der Waals surface area contributed by atoms with Crippen LogP contribution in [0.5, 0.6) is 0 Å². The highest BCUT2D eigenvalue weighted by Crippen LogP contribution is 2.35. The molecule has 2 N–H and O–H groups in total. The lowest BCUT2D eigenvalue weighted by atomic mass is 10.0. The lowest BCUT2D eigenvalue weighted by molar-refractivity contribution is 0.0977. The van der Waals surface area contributed by atoms with Crippen LogP contribution in [0.2, 0.25) is 10.0 Å². The van der Waals surface area contributed by atoms with Gasteiger partial charge in [0.2, 0.25) is 0 Å². The molecule has 2 aromatic carbocycles. The number of aromatic nitrogens is 1. The molecule has 0 unspecified atom stereocenters. The highest BCUT2D eigenvalue weighted by atomic mass is 35.5. The third kappa shape index (κ3) is 4.15. The maximum absolute atomic E-state index is 12.3. The molecule has 0 saturated heterocycles. The highest BCUT2D eigenvalue weighted by Gasteiger charge is 2.13. The summed E-state index contributed by atoms with van der Waals surface area (Å²) in [6.07, 6.45) is 0. The summed E-state index contributed by atoms with van der Waals surface area (Å²) in [6.45, 7) is 4.21. The number of thiazole rings is 1. The molecule has 0 aliphatic rings. The first-order chi connectivity index (χ1) is 12.3. The van der Waals surface area contributed by atoms with E-state index in [1.165, 1.54) is 16.9 Å². The number of amides is 1. The van der Waals surface area contributed by atoms with Gasteiger partial charge in [0.25, 0.3) is 5.91 Å². The summed E-state index contributed by atoms with van der Waals surface area (Å²) in [5.74, 6) is 0.134. The number of carbonyl (C=O) groups excluding carboxylic acids is 1. The molecule has 4 nitrogen and oxygen atoms in total. The fraction of sp³-hybridized carbons (Fsp3) is 0.167. The minimum atomic E-state index is -0.278. The molecular weight excluding hydrogens is 409 g/mol. The van der Waals surface area contributed by atoms with Gasteiger partial charge in [-0.15, -0.1) is 0 Å². The van der Waals surface area contributed by atoms with E-state index in [4.69, 9.17) is 35.4 Å². The number of anilines is 1. The van der Waals surface area contributed by atoms with E-state index in [2.05, 4.69) is 29.5 Å². The number of benzene rings is 2. The Morgan fingerprint density at radius 3 is 2.50 bits per heavy atom. The van der Waals surface area contributed by atoms with Crippen molar-refractivity contribution in [3.05, 3.63) is 57.6 Å². The fourth-order valence-corrected chi connectivity index (χ4v) is 3.86. The smallest absolute Gasteiger partial charge is 0.257 e. The molecule has 0 radical (unpaired) electrons. The van der Waals surface area contributed by atoms with E-state index in [1.54, 1.807) is 18.2 Å². The van der Waals surface area contributed by atoms with E-state index < -0.39 is 0 Å². The predicted octanol–water partition coefficient (Wildman–Crippen LogP) is 5.85. The molecule has 0 bridgehead atoms. The first-order valence-corrected chi connectivity index (χ1v) is 9.80. The Hall–Kier alpha value is -1.73. The van der Waals surface area contributed by atoms with E-state index in [1.807, 2.05) is 18.2 Å². The Labute approximate surface area is 170 Å². The van der Waals surface area contributed by atoms with Crippen molar-refractivity contribution in [3.63, 3.8) is 0 Å². The zero-order valence-electron chi connectivity index (χ0n) is 14.0. The third-order valence-electron chi connectivity index (χ3n) is 3.74. The lowest BCUT2D eigenvalue weighted by Gasteiger charge is -2.09. The highest BCUT2D eigenvalue weighted by molar-refractivity contribution is 7.80. The normalized spacial score (nSPS) is 11.0. The van der Waals surface area contributed by atoms with Crippen LogP contribution in [0, 0.1) is 0 Å². The maximum atomic E-state index is 12.3. The Balaban J connectivity index is 1.68. The van der Waals surface area contributed by atoms with Gasteiger partial charge in [0.1, 0.15) is 5.52 Å². The van der Waals surface area contributed by atoms with Gasteiger partial charge in [-0.2, -0.15) is 0 Å². The molecule has 0 aliphatic heterocycles. The minimum Gasteiger partial charge on any atom is -0.308 e. The number of nitrogens with zero attached hydrogens (tertiary/aromatic N) is 1. The summed E-state index contributed by atoms with van der Waals surface area (Å²) in [6, 6.07) is 11.0. The SMILES string of the molecule is CC(C)c1ccc(C(=O)NC(=S)Nc2nc3c(Cl)c(Cl)ccc3s2)cc1. The molecule has 0 saturated carbocycles. The largest absolute Gasteiger partial charge is 0.308 e. The molecule has 0 spiro atoms. The van der Waals surface area contributed by atoms with E-state index >= 15 is 0 Å². The minimum absolute atomic E-state index is 0.171. The van der Waals surface area contributed by atoms with Crippen LogP contribution in [0.15, 0.2) is 36.4 Å². The molecule has 1 amide bonds. The molecule has 3 aromatic rings. The van der Waals surface area contributed by atoms with Crippen molar-refractivity contribution in [2.24, 2.45) is 0 Å². The third-order valence-corrected chi connectivity index (χ3v) is 5.67. The number of nitrogens with one attached hydrogen (secondary N) is 2. The first-order valence-electron chi connectivity index (χ1n) is 7.82. The molecule has 1 aromatic heterocycles. The van der Waals surface area contributed by atoms with Gasteiger partial charge in [-0.1, -0.05) is 60.5 Å². The molecule has 3 rings (SSSR count). The summed E-state index contributed by atoms with van der Waals surface area (Å²) in [5.41, 5.74) is 2.31. The van der Waals surface area contributed by atoms with Crippen molar-refractivity contribution in [3.8, 4) is 0 Å². The summed E-state index contributed by atoms with van der Waals surface area (Å²) in [5, 5.41) is 7.11. The number of thiocarbonyl (C=S) groups is 1. The van der Waals surface area contributed by atoms with Crippen LogP contribution in [0.3, 0.4) is 0 Å². The van der Waals surface area contributed by atoms with E-state index in [0.717, 1.165) is 4.70 Å². The Morgan fingerprint density at radius 1 is 1.15 bits per heavy atom. The second-order valence-corrected chi connectivity index (χ2v) is 8.14. The van der Waals surface area contributed by atoms with E-state index in [9.17, 15) is 4.79 Å². The van der Waals surface area contributed by atoms with E-state index in [-0.39, 0.29) is 11.0 Å².